The number of unbranched alkanes of at least 4 members (excludes halogenated alkanes) is 1. The Labute approximate surface area is 196 Å². The standard InChI is InChI=1S/C27H35NO3S/c1-21(9-5-6-13-22-11-3-2-4-12-22)10-7-14-23-16-19-26(29)28(23)20-8-15-24-17-18-25(32-24)27(30)31/h2-4,7,11-12,14,17-18,21,23H,5-6,8-10,13,15-16,19-20H2,1H3,(H,30,31)/b14-7+. The lowest BCUT2D eigenvalue weighted by molar-refractivity contribution is -0.128. The average Bonchev–Trinajstić information content (AvgIpc) is 3.40. The maximum absolute atomic E-state index is 12.3. The Morgan fingerprint density at radius 1 is 1.16 bits per heavy atom. The van der Waals surface area contributed by atoms with Gasteiger partial charge in [-0.1, -0.05) is 62.2 Å². The number of benzene rings is 1. The lowest BCUT2D eigenvalue weighted by Gasteiger charge is -2.22. The number of carbonyl (C=O) groups is 2. The van der Waals surface area contributed by atoms with Crippen LogP contribution in [0.4, 0.5) is 0 Å². The number of hydrogen-bond acceptors (Lipinski definition) is 3. The molecule has 1 aromatic carbocycles. The van der Waals surface area contributed by atoms with Crippen LogP contribution in [0, 0.1) is 5.92 Å². The summed E-state index contributed by atoms with van der Waals surface area (Å²) in [5, 5.41) is 9.04. The van der Waals surface area contributed by atoms with Crippen molar-refractivity contribution >= 4 is 23.2 Å². The Balaban J connectivity index is 1.35. The highest BCUT2D eigenvalue weighted by atomic mass is 32.1. The van der Waals surface area contributed by atoms with Crippen LogP contribution in [-0.2, 0) is 17.6 Å². The molecule has 2 atom stereocenters. The van der Waals surface area contributed by atoms with Crippen molar-refractivity contribution in [2.75, 3.05) is 6.54 Å². The topological polar surface area (TPSA) is 57.6 Å². The van der Waals surface area contributed by atoms with Crippen LogP contribution in [0.2, 0.25) is 0 Å². The molecular weight excluding hydrogens is 418 g/mol. The van der Waals surface area contributed by atoms with Crippen molar-refractivity contribution in [3.05, 3.63) is 69.9 Å². The number of likely N-dealkylation sites (tertiary alicyclic amines) is 1. The van der Waals surface area contributed by atoms with Gasteiger partial charge in [0.15, 0.2) is 0 Å². The van der Waals surface area contributed by atoms with Gasteiger partial charge in [0.25, 0.3) is 0 Å². The second kappa shape index (κ2) is 12.6. The van der Waals surface area contributed by atoms with Gasteiger partial charge < -0.3 is 10.0 Å². The van der Waals surface area contributed by atoms with E-state index in [9.17, 15) is 9.59 Å². The van der Waals surface area contributed by atoms with Gasteiger partial charge in [0.2, 0.25) is 5.91 Å². The number of carboxylic acids is 1. The van der Waals surface area contributed by atoms with Gasteiger partial charge in [-0.15, -0.1) is 11.3 Å². The summed E-state index contributed by atoms with van der Waals surface area (Å²) in [6, 6.07) is 14.5. The van der Waals surface area contributed by atoms with Gasteiger partial charge in [-0.25, -0.2) is 4.79 Å². The second-order valence-electron chi connectivity index (χ2n) is 8.87. The number of nitrogens with zero attached hydrogens (tertiary/aromatic N) is 1. The van der Waals surface area contributed by atoms with E-state index >= 15 is 0 Å². The molecular formula is C27H35NO3S. The highest BCUT2D eigenvalue weighted by molar-refractivity contribution is 7.13. The quantitative estimate of drug-likeness (QED) is 0.283. The third-order valence-electron chi connectivity index (χ3n) is 6.22. The van der Waals surface area contributed by atoms with Crippen LogP contribution < -0.4 is 0 Å². The highest BCUT2D eigenvalue weighted by Gasteiger charge is 2.28. The van der Waals surface area contributed by atoms with Gasteiger partial charge in [0.05, 0.1) is 6.04 Å². The minimum atomic E-state index is -0.869. The summed E-state index contributed by atoms with van der Waals surface area (Å²) in [6.07, 6.45) is 13.7. The number of hydrogen-bond donors (Lipinski definition) is 1. The normalized spacial score (nSPS) is 17.3. The first-order chi connectivity index (χ1) is 15.5. The summed E-state index contributed by atoms with van der Waals surface area (Å²) in [5.41, 5.74) is 1.42. The number of allylic oxidation sites excluding steroid dienone is 1. The fourth-order valence-electron chi connectivity index (χ4n) is 4.35. The smallest absolute Gasteiger partial charge is 0.345 e. The number of carboxylic acid groups (broad SMARTS) is 1. The summed E-state index contributed by atoms with van der Waals surface area (Å²) in [4.78, 5) is 26.8. The zero-order valence-electron chi connectivity index (χ0n) is 19.0. The van der Waals surface area contributed by atoms with Gasteiger partial charge in [0.1, 0.15) is 4.88 Å². The van der Waals surface area contributed by atoms with Crippen LogP contribution >= 0.6 is 11.3 Å². The van der Waals surface area contributed by atoms with Crippen molar-refractivity contribution in [2.24, 2.45) is 5.92 Å². The van der Waals surface area contributed by atoms with Crippen molar-refractivity contribution in [1.29, 1.82) is 0 Å². The summed E-state index contributed by atoms with van der Waals surface area (Å²) in [7, 11) is 0. The molecule has 1 aliphatic rings. The van der Waals surface area contributed by atoms with E-state index in [1.165, 1.54) is 36.2 Å². The Morgan fingerprint density at radius 3 is 2.72 bits per heavy atom. The minimum Gasteiger partial charge on any atom is -0.477 e. The number of rotatable bonds is 13. The molecule has 0 saturated carbocycles. The first-order valence-corrected chi connectivity index (χ1v) is 12.7. The van der Waals surface area contributed by atoms with Gasteiger partial charge >= 0.3 is 5.97 Å². The molecule has 1 saturated heterocycles. The number of aromatic carboxylic acids is 1. The predicted molar refractivity (Wildman–Crippen MR) is 131 cm³/mol. The largest absolute Gasteiger partial charge is 0.477 e. The molecule has 1 aliphatic heterocycles. The van der Waals surface area contributed by atoms with Crippen molar-refractivity contribution in [2.45, 2.75) is 70.8 Å². The summed E-state index contributed by atoms with van der Waals surface area (Å²) in [5.74, 6) is 0.0347. The molecule has 0 aliphatic carbocycles. The molecule has 32 heavy (non-hydrogen) atoms. The lowest BCUT2D eigenvalue weighted by Crippen LogP contribution is -2.32. The monoisotopic (exact) mass is 453 g/mol. The fraction of sp³-hybridized carbons (Fsp3) is 0.481. The molecule has 1 amide bonds. The zero-order valence-corrected chi connectivity index (χ0v) is 19.9. The molecule has 4 nitrogen and oxygen atoms in total. The van der Waals surface area contributed by atoms with Crippen LogP contribution in [0.25, 0.3) is 0 Å². The number of aryl methyl sites for hydroxylation is 2. The predicted octanol–water partition coefficient (Wildman–Crippen LogP) is 6.37. The summed E-state index contributed by atoms with van der Waals surface area (Å²) in [6.45, 7) is 3.06. The van der Waals surface area contributed by atoms with Crippen molar-refractivity contribution in [3.63, 3.8) is 0 Å². The molecule has 0 bridgehead atoms. The van der Waals surface area contributed by atoms with Crippen molar-refractivity contribution in [3.8, 4) is 0 Å². The summed E-state index contributed by atoms with van der Waals surface area (Å²) < 4.78 is 0. The molecule has 0 spiro atoms. The van der Waals surface area contributed by atoms with Crippen LogP contribution in [-0.4, -0.2) is 34.5 Å². The van der Waals surface area contributed by atoms with Crippen molar-refractivity contribution in [1.82, 2.24) is 4.90 Å². The van der Waals surface area contributed by atoms with Gasteiger partial charge in [-0.3, -0.25) is 4.79 Å². The Hall–Kier alpha value is -2.40. The first kappa shape index (κ1) is 24.2. The van der Waals surface area contributed by atoms with Gasteiger partial charge in [-0.05, 0) is 62.1 Å². The zero-order chi connectivity index (χ0) is 22.8. The molecule has 2 heterocycles. The molecule has 172 valence electrons. The Morgan fingerprint density at radius 2 is 1.97 bits per heavy atom. The molecule has 1 aromatic heterocycles. The number of thiophene rings is 1. The van der Waals surface area contributed by atoms with Crippen LogP contribution in [0.3, 0.4) is 0 Å². The average molecular weight is 454 g/mol. The highest BCUT2D eigenvalue weighted by Crippen LogP contribution is 2.23. The van der Waals surface area contributed by atoms with Gasteiger partial charge in [0, 0.05) is 17.8 Å². The lowest BCUT2D eigenvalue weighted by atomic mass is 9.98. The fourth-order valence-corrected chi connectivity index (χ4v) is 5.24. The van der Waals surface area contributed by atoms with E-state index in [0.717, 1.165) is 43.5 Å². The van der Waals surface area contributed by atoms with E-state index in [1.807, 2.05) is 11.0 Å². The molecule has 0 radical (unpaired) electrons. The third-order valence-corrected chi connectivity index (χ3v) is 7.35. The maximum Gasteiger partial charge on any atom is 0.345 e. The molecule has 3 rings (SSSR count). The van der Waals surface area contributed by atoms with Crippen molar-refractivity contribution < 1.29 is 14.7 Å². The maximum atomic E-state index is 12.3. The van der Waals surface area contributed by atoms with Crippen LogP contribution in [0.1, 0.15) is 72.0 Å². The number of amides is 1. The van der Waals surface area contributed by atoms with E-state index in [2.05, 4.69) is 49.4 Å². The van der Waals surface area contributed by atoms with E-state index in [-0.39, 0.29) is 11.9 Å². The van der Waals surface area contributed by atoms with Crippen LogP contribution in [0.5, 0.6) is 0 Å². The van der Waals surface area contributed by atoms with Gasteiger partial charge in [-0.2, -0.15) is 0 Å². The molecule has 1 fully saturated rings. The van der Waals surface area contributed by atoms with E-state index < -0.39 is 5.97 Å². The van der Waals surface area contributed by atoms with E-state index in [0.29, 0.717) is 17.2 Å². The van der Waals surface area contributed by atoms with E-state index in [4.69, 9.17) is 5.11 Å². The second-order valence-corrected chi connectivity index (χ2v) is 10.0. The molecule has 2 aromatic rings. The Bertz CT molecular complexity index is 889. The Kier molecular flexibility index (Phi) is 9.54. The summed E-state index contributed by atoms with van der Waals surface area (Å²) >= 11 is 1.33. The van der Waals surface area contributed by atoms with E-state index in [1.54, 1.807) is 6.07 Å². The molecule has 5 heteroatoms. The molecule has 1 N–H and O–H groups in total. The minimum absolute atomic E-state index is 0.214. The molecule has 2 unspecified atom stereocenters. The third kappa shape index (κ3) is 7.63. The SMILES string of the molecule is CC(C/C=C/C1CCC(=O)N1CCCc1ccc(C(=O)O)s1)CCCCc1ccccc1. The van der Waals surface area contributed by atoms with Crippen LogP contribution in [0.15, 0.2) is 54.6 Å². The number of carbonyl (C=O) groups excluding carboxylic acids is 1. The first-order valence-electron chi connectivity index (χ1n) is 11.8.